The maximum absolute atomic E-state index is 12.0. The van der Waals surface area contributed by atoms with E-state index in [9.17, 15) is 9.59 Å². The van der Waals surface area contributed by atoms with Gasteiger partial charge in [0.05, 0.1) is 6.26 Å². The van der Waals surface area contributed by atoms with E-state index in [0.29, 0.717) is 12.3 Å². The van der Waals surface area contributed by atoms with Crippen molar-refractivity contribution in [3.63, 3.8) is 0 Å². The summed E-state index contributed by atoms with van der Waals surface area (Å²) >= 11 is 0. The lowest BCUT2D eigenvalue weighted by atomic mass is 10.2. The minimum atomic E-state index is -0.695. The quantitative estimate of drug-likeness (QED) is 0.667. The highest BCUT2D eigenvalue weighted by Gasteiger charge is 2.20. The molecule has 0 bridgehead atoms. The van der Waals surface area contributed by atoms with Crippen molar-refractivity contribution in [1.29, 1.82) is 0 Å². The van der Waals surface area contributed by atoms with Crippen LogP contribution in [0.2, 0.25) is 0 Å². The maximum Gasteiger partial charge on any atom is 0.309 e. The van der Waals surface area contributed by atoms with Gasteiger partial charge in [-0.1, -0.05) is 30.3 Å². The van der Waals surface area contributed by atoms with E-state index >= 15 is 0 Å². The summed E-state index contributed by atoms with van der Waals surface area (Å²) < 4.78 is 7.07. The van der Waals surface area contributed by atoms with Crippen molar-refractivity contribution in [3.8, 4) is 0 Å². The van der Waals surface area contributed by atoms with Crippen molar-refractivity contribution < 1.29 is 14.0 Å². The largest absolute Gasteiger partial charge is 0.467 e. The van der Waals surface area contributed by atoms with Crippen LogP contribution < -0.4 is 10.6 Å². The second-order valence-corrected chi connectivity index (χ2v) is 5.40. The maximum atomic E-state index is 12.0. The zero-order valence-electron chi connectivity index (χ0n) is 13.5. The van der Waals surface area contributed by atoms with Crippen LogP contribution in [0.5, 0.6) is 0 Å². The van der Waals surface area contributed by atoms with Crippen LogP contribution in [-0.2, 0) is 16.1 Å². The lowest BCUT2D eigenvalue weighted by molar-refractivity contribution is -0.139. The molecule has 25 heavy (non-hydrogen) atoms. The molecule has 0 aliphatic heterocycles. The fourth-order valence-corrected chi connectivity index (χ4v) is 2.40. The first-order valence-corrected chi connectivity index (χ1v) is 7.86. The van der Waals surface area contributed by atoms with Crippen molar-refractivity contribution in [2.45, 2.75) is 12.6 Å². The first-order chi connectivity index (χ1) is 12.2. The van der Waals surface area contributed by atoms with Gasteiger partial charge in [-0.25, -0.2) is 0 Å². The summed E-state index contributed by atoms with van der Waals surface area (Å²) in [5, 5.41) is 9.39. The van der Waals surface area contributed by atoms with E-state index in [-0.39, 0.29) is 12.6 Å². The molecular formula is C18H18N4O3. The van der Waals surface area contributed by atoms with Crippen LogP contribution in [0.3, 0.4) is 0 Å². The van der Waals surface area contributed by atoms with Crippen molar-refractivity contribution in [2.75, 3.05) is 6.54 Å². The molecule has 0 spiro atoms. The lowest BCUT2D eigenvalue weighted by Crippen LogP contribution is -2.42. The topological polar surface area (TPSA) is 89.2 Å². The lowest BCUT2D eigenvalue weighted by Gasteiger charge is -2.16. The molecule has 0 radical (unpaired) electrons. The molecule has 2 heterocycles. The van der Waals surface area contributed by atoms with Crippen molar-refractivity contribution >= 4 is 11.8 Å². The van der Waals surface area contributed by atoms with Crippen LogP contribution in [0, 0.1) is 0 Å². The summed E-state index contributed by atoms with van der Waals surface area (Å²) in [6.45, 7) is 0.487. The Labute approximate surface area is 144 Å². The van der Waals surface area contributed by atoms with Gasteiger partial charge in [-0.2, -0.15) is 5.10 Å². The van der Waals surface area contributed by atoms with Crippen LogP contribution in [0.25, 0.3) is 0 Å². The smallest absolute Gasteiger partial charge is 0.309 e. The Morgan fingerprint density at radius 2 is 1.84 bits per heavy atom. The number of rotatable bonds is 6. The molecule has 0 aliphatic carbocycles. The third-order valence-electron chi connectivity index (χ3n) is 3.67. The average molecular weight is 338 g/mol. The molecule has 0 saturated carbocycles. The summed E-state index contributed by atoms with van der Waals surface area (Å²) in [6, 6.07) is 14.4. The molecule has 7 nitrogen and oxygen atoms in total. The predicted octanol–water partition coefficient (Wildman–Crippen LogP) is 1.50. The van der Waals surface area contributed by atoms with E-state index in [1.54, 1.807) is 41.5 Å². The molecule has 0 saturated heterocycles. The number of nitrogens with one attached hydrogen (secondary N) is 2. The van der Waals surface area contributed by atoms with E-state index in [1.807, 2.05) is 30.3 Å². The molecule has 1 atom stereocenters. The molecule has 3 rings (SSSR count). The molecule has 1 unspecified atom stereocenters. The van der Waals surface area contributed by atoms with Gasteiger partial charge in [-0.05, 0) is 23.8 Å². The minimum Gasteiger partial charge on any atom is -0.467 e. The standard InChI is InChI=1S/C18H18N4O3/c23-17(19-12-14-6-2-1-3-7-14)18(24)20-13-15(16-8-4-11-25-16)22-10-5-9-21-22/h1-11,15H,12-13H2,(H,19,23)(H,20,24). The Bertz CT molecular complexity index is 764. The van der Waals surface area contributed by atoms with Gasteiger partial charge >= 0.3 is 11.8 Å². The second kappa shape index (κ2) is 7.96. The van der Waals surface area contributed by atoms with Gasteiger partial charge in [0, 0.05) is 25.5 Å². The van der Waals surface area contributed by atoms with Gasteiger partial charge in [-0.15, -0.1) is 0 Å². The Kier molecular flexibility index (Phi) is 5.26. The van der Waals surface area contributed by atoms with Crippen LogP contribution in [0.4, 0.5) is 0 Å². The summed E-state index contributed by atoms with van der Waals surface area (Å²) in [5.41, 5.74) is 0.925. The van der Waals surface area contributed by atoms with Gasteiger partial charge in [-0.3, -0.25) is 14.3 Å². The average Bonchev–Trinajstić information content (AvgIpc) is 3.35. The molecule has 2 N–H and O–H groups in total. The van der Waals surface area contributed by atoms with Crippen LogP contribution in [0.15, 0.2) is 71.6 Å². The summed E-state index contributed by atoms with van der Waals surface area (Å²) in [4.78, 5) is 24.0. The molecule has 2 aromatic heterocycles. The first kappa shape index (κ1) is 16.5. The molecule has 0 aliphatic rings. The first-order valence-electron chi connectivity index (χ1n) is 7.86. The molecule has 1 aromatic carbocycles. The van der Waals surface area contributed by atoms with Gasteiger partial charge in [0.25, 0.3) is 0 Å². The van der Waals surface area contributed by atoms with Crippen molar-refractivity contribution in [1.82, 2.24) is 20.4 Å². The molecule has 7 heteroatoms. The van der Waals surface area contributed by atoms with E-state index in [2.05, 4.69) is 15.7 Å². The normalized spacial score (nSPS) is 11.7. The third kappa shape index (κ3) is 4.35. The summed E-state index contributed by atoms with van der Waals surface area (Å²) in [5.74, 6) is -0.726. The SMILES string of the molecule is O=C(NCc1ccccc1)C(=O)NCC(c1ccco1)n1cccn1. The Morgan fingerprint density at radius 1 is 1.04 bits per heavy atom. The molecule has 3 aromatic rings. The fraction of sp³-hybridized carbons (Fsp3) is 0.167. The monoisotopic (exact) mass is 338 g/mol. The van der Waals surface area contributed by atoms with E-state index in [1.165, 1.54) is 0 Å². The second-order valence-electron chi connectivity index (χ2n) is 5.40. The van der Waals surface area contributed by atoms with Crippen molar-refractivity contribution in [2.24, 2.45) is 0 Å². The molecule has 2 amide bonds. The van der Waals surface area contributed by atoms with Crippen LogP contribution in [-0.4, -0.2) is 28.1 Å². The number of furan rings is 1. The Morgan fingerprint density at radius 3 is 2.52 bits per heavy atom. The third-order valence-corrected chi connectivity index (χ3v) is 3.67. The highest BCUT2D eigenvalue weighted by Crippen LogP contribution is 2.16. The van der Waals surface area contributed by atoms with E-state index in [0.717, 1.165) is 5.56 Å². The molecular weight excluding hydrogens is 320 g/mol. The zero-order valence-corrected chi connectivity index (χ0v) is 13.5. The molecule has 128 valence electrons. The van der Waals surface area contributed by atoms with E-state index in [4.69, 9.17) is 4.42 Å². The number of hydrogen-bond donors (Lipinski definition) is 2. The van der Waals surface area contributed by atoms with Gasteiger partial charge in [0.2, 0.25) is 0 Å². The van der Waals surface area contributed by atoms with Gasteiger partial charge < -0.3 is 15.1 Å². The summed E-state index contributed by atoms with van der Waals surface area (Å²) in [7, 11) is 0. The number of hydrogen-bond acceptors (Lipinski definition) is 4. The minimum absolute atomic E-state index is 0.187. The number of benzene rings is 1. The van der Waals surface area contributed by atoms with Crippen molar-refractivity contribution in [3.05, 3.63) is 78.5 Å². The van der Waals surface area contributed by atoms with Gasteiger partial charge in [0.15, 0.2) is 0 Å². The van der Waals surface area contributed by atoms with E-state index < -0.39 is 11.8 Å². The summed E-state index contributed by atoms with van der Waals surface area (Å²) in [6.07, 6.45) is 4.97. The number of carbonyl (C=O) groups is 2. The van der Waals surface area contributed by atoms with Gasteiger partial charge in [0.1, 0.15) is 11.8 Å². The number of amides is 2. The fourth-order valence-electron chi connectivity index (χ4n) is 2.40. The Hall–Kier alpha value is -3.35. The predicted molar refractivity (Wildman–Crippen MR) is 90.4 cm³/mol. The highest BCUT2D eigenvalue weighted by atomic mass is 16.3. The molecule has 0 fully saturated rings. The number of carbonyl (C=O) groups excluding carboxylic acids is 2. The van der Waals surface area contributed by atoms with Crippen LogP contribution in [0.1, 0.15) is 17.4 Å². The Balaban J connectivity index is 1.55. The number of aromatic nitrogens is 2. The van der Waals surface area contributed by atoms with Crippen LogP contribution >= 0.6 is 0 Å². The zero-order chi connectivity index (χ0) is 17.5. The highest BCUT2D eigenvalue weighted by molar-refractivity contribution is 6.35. The number of nitrogens with zero attached hydrogens (tertiary/aromatic N) is 2.